The van der Waals surface area contributed by atoms with Gasteiger partial charge in [-0.15, -0.1) is 17.8 Å². The number of carboxylic acid groups (broad SMARTS) is 1. The maximum absolute atomic E-state index is 10.5. The van der Waals surface area contributed by atoms with Crippen molar-refractivity contribution in [3.8, 4) is 12.3 Å². The molecule has 3 nitrogen and oxygen atoms in total. The minimum atomic E-state index is -0.837. The molecule has 1 aromatic rings. The van der Waals surface area contributed by atoms with E-state index in [0.29, 0.717) is 13.1 Å². The Bertz CT molecular complexity index is 340. The summed E-state index contributed by atoms with van der Waals surface area (Å²) in [5.41, 5.74) is 0. The highest BCUT2D eigenvalue weighted by atomic mass is 32.1. The molecule has 1 heterocycles. The van der Waals surface area contributed by atoms with Crippen LogP contribution in [0.2, 0.25) is 0 Å². The number of carboxylic acids is 1. The summed E-state index contributed by atoms with van der Waals surface area (Å²) in [6.07, 6.45) is 6.03. The lowest BCUT2D eigenvalue weighted by molar-refractivity contribution is -0.138. The molecule has 0 fully saturated rings. The number of rotatable bonds is 6. The molecule has 1 rings (SSSR count). The molecule has 0 aromatic carbocycles. The third kappa shape index (κ3) is 4.63. The molecular formula is C11H13NO2S. The molecular weight excluding hydrogens is 210 g/mol. The van der Waals surface area contributed by atoms with Gasteiger partial charge in [-0.2, -0.15) is 0 Å². The number of nitrogens with zero attached hydrogens (tertiary/aromatic N) is 1. The molecule has 1 N–H and O–H groups in total. The van der Waals surface area contributed by atoms with E-state index in [1.807, 2.05) is 17.5 Å². The average molecular weight is 223 g/mol. The molecule has 0 radical (unpaired) electrons. The molecule has 0 aliphatic carbocycles. The van der Waals surface area contributed by atoms with Gasteiger partial charge >= 0.3 is 5.97 Å². The van der Waals surface area contributed by atoms with Crippen molar-refractivity contribution in [1.82, 2.24) is 4.90 Å². The molecule has 0 unspecified atom stereocenters. The van der Waals surface area contributed by atoms with Crippen molar-refractivity contribution in [2.24, 2.45) is 0 Å². The van der Waals surface area contributed by atoms with Crippen molar-refractivity contribution in [2.75, 3.05) is 19.6 Å². The van der Waals surface area contributed by atoms with Gasteiger partial charge in [-0.05, 0) is 17.9 Å². The fourth-order valence-electron chi connectivity index (χ4n) is 1.26. The number of thiophene rings is 1. The quantitative estimate of drug-likeness (QED) is 0.739. The largest absolute Gasteiger partial charge is 0.480 e. The van der Waals surface area contributed by atoms with Crippen LogP contribution in [-0.2, 0) is 11.2 Å². The maximum atomic E-state index is 10.5. The Morgan fingerprint density at radius 1 is 1.67 bits per heavy atom. The number of aliphatic carboxylic acids is 1. The van der Waals surface area contributed by atoms with Crippen molar-refractivity contribution in [3.05, 3.63) is 22.4 Å². The first-order valence-electron chi connectivity index (χ1n) is 4.62. The van der Waals surface area contributed by atoms with E-state index in [9.17, 15) is 4.79 Å². The molecule has 4 heteroatoms. The zero-order valence-corrected chi connectivity index (χ0v) is 9.17. The first kappa shape index (κ1) is 11.8. The van der Waals surface area contributed by atoms with E-state index in [-0.39, 0.29) is 6.54 Å². The van der Waals surface area contributed by atoms with E-state index in [1.54, 1.807) is 16.2 Å². The van der Waals surface area contributed by atoms with Crippen LogP contribution in [-0.4, -0.2) is 35.6 Å². The summed E-state index contributed by atoms with van der Waals surface area (Å²) in [6.45, 7) is 1.09. The van der Waals surface area contributed by atoms with Crippen molar-refractivity contribution >= 4 is 17.3 Å². The molecule has 0 bridgehead atoms. The van der Waals surface area contributed by atoms with Gasteiger partial charge in [-0.1, -0.05) is 12.0 Å². The highest BCUT2D eigenvalue weighted by Crippen LogP contribution is 2.09. The SMILES string of the molecule is C#CCN(CCc1cccs1)CC(=O)O. The lowest BCUT2D eigenvalue weighted by Crippen LogP contribution is -2.31. The van der Waals surface area contributed by atoms with Gasteiger partial charge in [0.25, 0.3) is 0 Å². The van der Waals surface area contributed by atoms with Gasteiger partial charge in [0.05, 0.1) is 13.1 Å². The van der Waals surface area contributed by atoms with E-state index in [4.69, 9.17) is 11.5 Å². The van der Waals surface area contributed by atoms with E-state index in [1.165, 1.54) is 4.88 Å². The summed E-state index contributed by atoms with van der Waals surface area (Å²) in [5, 5.41) is 10.7. The van der Waals surface area contributed by atoms with Crippen molar-refractivity contribution in [3.63, 3.8) is 0 Å². The fourth-order valence-corrected chi connectivity index (χ4v) is 1.96. The number of hydrogen-bond donors (Lipinski definition) is 1. The molecule has 0 aliphatic heterocycles. The Balaban J connectivity index is 2.38. The summed E-state index contributed by atoms with van der Waals surface area (Å²) >= 11 is 1.68. The first-order valence-corrected chi connectivity index (χ1v) is 5.50. The zero-order chi connectivity index (χ0) is 11.1. The average Bonchev–Trinajstić information content (AvgIpc) is 2.66. The molecule has 1 aromatic heterocycles. The molecule has 0 saturated carbocycles. The fraction of sp³-hybridized carbons (Fsp3) is 0.364. The smallest absolute Gasteiger partial charge is 0.317 e. The Morgan fingerprint density at radius 2 is 2.47 bits per heavy atom. The summed E-state index contributed by atoms with van der Waals surface area (Å²) in [4.78, 5) is 13.5. The van der Waals surface area contributed by atoms with Crippen LogP contribution >= 0.6 is 11.3 Å². The lowest BCUT2D eigenvalue weighted by Gasteiger charge is -2.16. The highest BCUT2D eigenvalue weighted by Gasteiger charge is 2.08. The van der Waals surface area contributed by atoms with Crippen LogP contribution in [0, 0.1) is 12.3 Å². The second-order valence-electron chi connectivity index (χ2n) is 3.14. The Kier molecular flexibility index (Phi) is 4.88. The van der Waals surface area contributed by atoms with Crippen LogP contribution in [0.5, 0.6) is 0 Å². The van der Waals surface area contributed by atoms with Gasteiger partial charge in [0, 0.05) is 11.4 Å². The summed E-state index contributed by atoms with van der Waals surface area (Å²) in [5.74, 6) is 1.63. The summed E-state index contributed by atoms with van der Waals surface area (Å²) in [6, 6.07) is 4.03. The van der Waals surface area contributed by atoms with E-state index < -0.39 is 5.97 Å². The highest BCUT2D eigenvalue weighted by molar-refractivity contribution is 7.09. The van der Waals surface area contributed by atoms with Gasteiger partial charge in [0.2, 0.25) is 0 Å². The van der Waals surface area contributed by atoms with Crippen molar-refractivity contribution in [1.29, 1.82) is 0 Å². The van der Waals surface area contributed by atoms with Crippen LogP contribution in [0.25, 0.3) is 0 Å². The standard InChI is InChI=1S/C11H13NO2S/c1-2-6-12(9-11(13)14)7-5-10-4-3-8-15-10/h1,3-4,8H,5-7,9H2,(H,13,14). The number of terminal acetylenes is 1. The molecule has 15 heavy (non-hydrogen) atoms. The molecule has 0 atom stereocenters. The zero-order valence-electron chi connectivity index (χ0n) is 8.35. The third-order valence-corrected chi connectivity index (χ3v) is 2.86. The third-order valence-electron chi connectivity index (χ3n) is 1.93. The normalized spacial score (nSPS) is 10.1. The van der Waals surface area contributed by atoms with Gasteiger partial charge in [-0.3, -0.25) is 9.69 Å². The Labute approximate surface area is 93.3 Å². The molecule has 80 valence electrons. The monoisotopic (exact) mass is 223 g/mol. The predicted octanol–water partition coefficient (Wildman–Crippen LogP) is 1.31. The molecule has 0 amide bonds. The van der Waals surface area contributed by atoms with Crippen LogP contribution < -0.4 is 0 Å². The van der Waals surface area contributed by atoms with Gasteiger partial charge in [0.15, 0.2) is 0 Å². The second-order valence-corrected chi connectivity index (χ2v) is 4.17. The number of hydrogen-bond acceptors (Lipinski definition) is 3. The van der Waals surface area contributed by atoms with Gasteiger partial charge in [-0.25, -0.2) is 0 Å². The predicted molar refractivity (Wildman–Crippen MR) is 60.9 cm³/mol. The van der Waals surface area contributed by atoms with Gasteiger partial charge in [0.1, 0.15) is 0 Å². The second kappa shape index (κ2) is 6.23. The lowest BCUT2D eigenvalue weighted by atomic mass is 10.3. The van der Waals surface area contributed by atoms with E-state index in [2.05, 4.69) is 5.92 Å². The van der Waals surface area contributed by atoms with Crippen molar-refractivity contribution in [2.45, 2.75) is 6.42 Å². The maximum Gasteiger partial charge on any atom is 0.317 e. The number of carbonyl (C=O) groups is 1. The van der Waals surface area contributed by atoms with Crippen LogP contribution in [0.3, 0.4) is 0 Å². The van der Waals surface area contributed by atoms with E-state index in [0.717, 1.165) is 6.42 Å². The minimum absolute atomic E-state index is 0.00950. The summed E-state index contributed by atoms with van der Waals surface area (Å²) in [7, 11) is 0. The minimum Gasteiger partial charge on any atom is -0.480 e. The van der Waals surface area contributed by atoms with Crippen LogP contribution in [0.1, 0.15) is 4.88 Å². The van der Waals surface area contributed by atoms with E-state index >= 15 is 0 Å². The van der Waals surface area contributed by atoms with Crippen LogP contribution in [0.4, 0.5) is 0 Å². The topological polar surface area (TPSA) is 40.5 Å². The Hall–Kier alpha value is -1.31. The van der Waals surface area contributed by atoms with Crippen LogP contribution in [0.15, 0.2) is 17.5 Å². The van der Waals surface area contributed by atoms with Crippen molar-refractivity contribution < 1.29 is 9.90 Å². The first-order chi connectivity index (χ1) is 7.22. The summed E-state index contributed by atoms with van der Waals surface area (Å²) < 4.78 is 0. The Morgan fingerprint density at radius 3 is 3.00 bits per heavy atom. The molecule has 0 aliphatic rings. The molecule has 0 saturated heterocycles. The molecule has 0 spiro atoms. The van der Waals surface area contributed by atoms with Gasteiger partial charge < -0.3 is 5.11 Å².